The molecule has 2 N–H and O–H groups in total. The fourth-order valence-corrected chi connectivity index (χ4v) is 2.92. The van der Waals surface area contributed by atoms with Crippen molar-refractivity contribution >= 4 is 23.2 Å². The standard InChI is InChI=1S/C13H17Cl2N/c1-9-5-7-13(16,8-6-9)10-3-2-4-11(14)12(10)15/h2-4,9H,5-8,16H2,1H3. The van der Waals surface area contributed by atoms with Crippen LogP contribution in [0.3, 0.4) is 0 Å². The first-order chi connectivity index (χ1) is 7.53. The maximum absolute atomic E-state index is 6.47. The molecule has 2 rings (SSSR count). The summed E-state index contributed by atoms with van der Waals surface area (Å²) in [6.45, 7) is 2.28. The highest BCUT2D eigenvalue weighted by atomic mass is 35.5. The molecule has 16 heavy (non-hydrogen) atoms. The Balaban J connectivity index is 2.32. The number of nitrogens with two attached hydrogens (primary N) is 1. The molecule has 0 aromatic heterocycles. The highest BCUT2D eigenvalue weighted by Gasteiger charge is 2.33. The molecular formula is C13H17Cl2N. The van der Waals surface area contributed by atoms with Gasteiger partial charge in [0.2, 0.25) is 0 Å². The van der Waals surface area contributed by atoms with Crippen molar-refractivity contribution in [3.63, 3.8) is 0 Å². The third-order valence-electron chi connectivity index (χ3n) is 3.65. The molecule has 1 aliphatic carbocycles. The molecule has 3 heteroatoms. The quantitative estimate of drug-likeness (QED) is 0.795. The van der Waals surface area contributed by atoms with Gasteiger partial charge in [0.05, 0.1) is 10.0 Å². The zero-order chi connectivity index (χ0) is 11.8. The van der Waals surface area contributed by atoms with E-state index in [9.17, 15) is 0 Å². The van der Waals surface area contributed by atoms with Gasteiger partial charge in [-0.2, -0.15) is 0 Å². The topological polar surface area (TPSA) is 26.0 Å². The minimum absolute atomic E-state index is 0.283. The van der Waals surface area contributed by atoms with Gasteiger partial charge in [-0.15, -0.1) is 0 Å². The van der Waals surface area contributed by atoms with Gasteiger partial charge in [-0.05, 0) is 43.2 Å². The first-order valence-electron chi connectivity index (χ1n) is 5.76. The van der Waals surface area contributed by atoms with E-state index in [2.05, 4.69) is 6.92 Å². The Morgan fingerprint density at radius 2 is 1.88 bits per heavy atom. The van der Waals surface area contributed by atoms with Crippen LogP contribution in [0, 0.1) is 5.92 Å². The van der Waals surface area contributed by atoms with Gasteiger partial charge in [0, 0.05) is 5.54 Å². The summed E-state index contributed by atoms with van der Waals surface area (Å²) in [5.41, 5.74) is 7.19. The van der Waals surface area contributed by atoms with Crippen molar-refractivity contribution in [2.24, 2.45) is 11.7 Å². The van der Waals surface area contributed by atoms with E-state index in [-0.39, 0.29) is 5.54 Å². The van der Waals surface area contributed by atoms with Gasteiger partial charge in [-0.1, -0.05) is 42.3 Å². The van der Waals surface area contributed by atoms with Gasteiger partial charge in [-0.3, -0.25) is 0 Å². The Kier molecular flexibility index (Phi) is 3.48. The molecule has 0 aliphatic heterocycles. The normalized spacial score (nSPS) is 30.4. The molecule has 1 aliphatic rings. The molecule has 1 aromatic rings. The molecule has 1 saturated carbocycles. The number of hydrogen-bond donors (Lipinski definition) is 1. The average Bonchev–Trinajstić information content (AvgIpc) is 2.27. The second kappa shape index (κ2) is 4.56. The summed E-state index contributed by atoms with van der Waals surface area (Å²) in [7, 11) is 0. The number of halogens is 2. The number of hydrogen-bond acceptors (Lipinski definition) is 1. The van der Waals surface area contributed by atoms with Gasteiger partial charge < -0.3 is 5.73 Å². The molecule has 0 heterocycles. The SMILES string of the molecule is CC1CCC(N)(c2cccc(Cl)c2Cl)CC1. The lowest BCUT2D eigenvalue weighted by molar-refractivity contribution is 0.248. The van der Waals surface area contributed by atoms with Crippen LogP contribution in [-0.4, -0.2) is 0 Å². The Hall–Kier alpha value is -0.240. The Labute approximate surface area is 107 Å². The second-order valence-electron chi connectivity index (χ2n) is 4.94. The van der Waals surface area contributed by atoms with Crippen LogP contribution in [0.15, 0.2) is 18.2 Å². The fraction of sp³-hybridized carbons (Fsp3) is 0.538. The van der Waals surface area contributed by atoms with Crippen LogP contribution in [0.2, 0.25) is 10.0 Å². The van der Waals surface area contributed by atoms with E-state index in [1.165, 1.54) is 12.8 Å². The third kappa shape index (κ3) is 2.22. The first kappa shape index (κ1) is 12.2. The van der Waals surface area contributed by atoms with E-state index in [1.54, 1.807) is 0 Å². The minimum Gasteiger partial charge on any atom is -0.321 e. The predicted molar refractivity (Wildman–Crippen MR) is 70.0 cm³/mol. The van der Waals surface area contributed by atoms with Crippen molar-refractivity contribution in [3.8, 4) is 0 Å². The third-order valence-corrected chi connectivity index (χ3v) is 4.47. The highest BCUT2D eigenvalue weighted by Crippen LogP contribution is 2.41. The number of benzene rings is 1. The zero-order valence-electron chi connectivity index (χ0n) is 9.47. The Morgan fingerprint density at radius 3 is 2.50 bits per heavy atom. The van der Waals surface area contributed by atoms with E-state index >= 15 is 0 Å². The summed E-state index contributed by atoms with van der Waals surface area (Å²) in [5.74, 6) is 0.773. The average molecular weight is 258 g/mol. The lowest BCUT2D eigenvalue weighted by atomic mass is 9.74. The van der Waals surface area contributed by atoms with Crippen LogP contribution < -0.4 is 5.73 Å². The second-order valence-corrected chi connectivity index (χ2v) is 5.73. The van der Waals surface area contributed by atoms with Crippen molar-refractivity contribution in [1.82, 2.24) is 0 Å². The minimum atomic E-state index is -0.283. The first-order valence-corrected chi connectivity index (χ1v) is 6.52. The highest BCUT2D eigenvalue weighted by molar-refractivity contribution is 6.42. The largest absolute Gasteiger partial charge is 0.321 e. The lowest BCUT2D eigenvalue weighted by Gasteiger charge is -2.37. The zero-order valence-corrected chi connectivity index (χ0v) is 11.0. The molecular weight excluding hydrogens is 241 g/mol. The molecule has 0 atom stereocenters. The summed E-state index contributed by atoms with van der Waals surface area (Å²) in [6, 6.07) is 5.74. The van der Waals surface area contributed by atoms with Crippen molar-refractivity contribution in [1.29, 1.82) is 0 Å². The van der Waals surface area contributed by atoms with Crippen LogP contribution in [0.4, 0.5) is 0 Å². The van der Waals surface area contributed by atoms with Crippen LogP contribution in [0.5, 0.6) is 0 Å². The molecule has 1 aromatic carbocycles. The molecule has 1 nitrogen and oxygen atoms in total. The van der Waals surface area contributed by atoms with Crippen molar-refractivity contribution in [2.75, 3.05) is 0 Å². The van der Waals surface area contributed by atoms with Gasteiger partial charge in [0.15, 0.2) is 0 Å². The summed E-state index contributed by atoms with van der Waals surface area (Å²) < 4.78 is 0. The number of rotatable bonds is 1. The van der Waals surface area contributed by atoms with E-state index < -0.39 is 0 Å². The maximum atomic E-state index is 6.47. The molecule has 0 amide bonds. The van der Waals surface area contributed by atoms with Gasteiger partial charge in [0.1, 0.15) is 0 Å². The summed E-state index contributed by atoms with van der Waals surface area (Å²) in [5, 5.41) is 1.23. The molecule has 0 saturated heterocycles. The van der Waals surface area contributed by atoms with Crippen LogP contribution in [-0.2, 0) is 5.54 Å². The van der Waals surface area contributed by atoms with Crippen molar-refractivity contribution in [3.05, 3.63) is 33.8 Å². The molecule has 0 radical (unpaired) electrons. The molecule has 0 unspecified atom stereocenters. The van der Waals surface area contributed by atoms with Crippen molar-refractivity contribution in [2.45, 2.75) is 38.1 Å². The summed E-state index contributed by atoms with van der Waals surface area (Å²) in [6.07, 6.45) is 4.32. The molecule has 0 bridgehead atoms. The predicted octanol–water partition coefficient (Wildman–Crippen LogP) is 4.36. The van der Waals surface area contributed by atoms with Crippen LogP contribution in [0.1, 0.15) is 38.2 Å². The monoisotopic (exact) mass is 257 g/mol. The fourth-order valence-electron chi connectivity index (χ4n) is 2.43. The van der Waals surface area contributed by atoms with Crippen LogP contribution in [0.25, 0.3) is 0 Å². The maximum Gasteiger partial charge on any atom is 0.0642 e. The molecule has 0 spiro atoms. The van der Waals surface area contributed by atoms with Crippen LogP contribution >= 0.6 is 23.2 Å². The Bertz CT molecular complexity index is 382. The van der Waals surface area contributed by atoms with Crippen molar-refractivity contribution < 1.29 is 0 Å². The molecule has 1 fully saturated rings. The van der Waals surface area contributed by atoms with E-state index in [0.29, 0.717) is 10.0 Å². The molecule has 88 valence electrons. The van der Waals surface area contributed by atoms with Gasteiger partial charge >= 0.3 is 0 Å². The van der Waals surface area contributed by atoms with E-state index in [4.69, 9.17) is 28.9 Å². The van der Waals surface area contributed by atoms with Gasteiger partial charge in [0.25, 0.3) is 0 Å². The van der Waals surface area contributed by atoms with Gasteiger partial charge in [-0.25, -0.2) is 0 Å². The van der Waals surface area contributed by atoms with E-state index in [0.717, 1.165) is 24.3 Å². The summed E-state index contributed by atoms with van der Waals surface area (Å²) in [4.78, 5) is 0. The summed E-state index contributed by atoms with van der Waals surface area (Å²) >= 11 is 12.3. The smallest absolute Gasteiger partial charge is 0.0642 e. The van der Waals surface area contributed by atoms with E-state index in [1.807, 2.05) is 18.2 Å². The Morgan fingerprint density at radius 1 is 1.25 bits per heavy atom. The lowest BCUT2D eigenvalue weighted by Crippen LogP contribution is -2.40.